The number of likely N-dealkylation sites (tertiary alicyclic amines) is 1. The second-order valence-electron chi connectivity index (χ2n) is 11.0. The fraction of sp³-hybridized carbons (Fsp3) is 0.333. The first kappa shape index (κ1) is 27.8. The van der Waals surface area contributed by atoms with Crippen molar-refractivity contribution >= 4 is 46.2 Å². The van der Waals surface area contributed by atoms with Gasteiger partial charge in [0.05, 0.1) is 5.52 Å². The number of anilines is 4. The largest absolute Gasteiger partial charge is 0.490 e. The Morgan fingerprint density at radius 2 is 1.71 bits per heavy atom. The molecule has 0 saturated carbocycles. The Morgan fingerprint density at radius 1 is 1.00 bits per heavy atom. The van der Waals surface area contributed by atoms with E-state index < -0.39 is 11.7 Å². The number of hydrogen-bond acceptors (Lipinski definition) is 8. The van der Waals surface area contributed by atoms with Gasteiger partial charge in [-0.1, -0.05) is 0 Å². The predicted molar refractivity (Wildman–Crippen MR) is 157 cm³/mol. The van der Waals surface area contributed by atoms with Gasteiger partial charge in [0.15, 0.2) is 0 Å². The van der Waals surface area contributed by atoms with Gasteiger partial charge in [0.1, 0.15) is 23.3 Å². The maximum Gasteiger partial charge on any atom is 0.415 e. The number of nitrogens with zero attached hydrogens (tertiary/aromatic N) is 4. The van der Waals surface area contributed by atoms with Crippen molar-refractivity contribution in [1.29, 1.82) is 0 Å². The van der Waals surface area contributed by atoms with Crippen molar-refractivity contribution in [3.05, 3.63) is 66.5 Å². The maximum atomic E-state index is 12.3. The molecule has 0 unspecified atom stereocenters. The standard InChI is InChI=1S/C30H34N6O5/c1-19-18-31-27(34-26(19)32-22-7-10-25-20(17-22)11-16-36(25)28(37)38)33-21-5-8-23(9-6-21)40-24-12-14-35(15-13-24)29(39)41-30(2,3)4/h5-11,16-18,24H,12-15H2,1-4H3,(H,37,38)(H2,31,32,33,34). The van der Waals surface area contributed by atoms with Crippen molar-refractivity contribution in [3.63, 3.8) is 0 Å². The van der Waals surface area contributed by atoms with Gasteiger partial charge < -0.3 is 30.1 Å². The number of piperidine rings is 1. The molecule has 5 rings (SSSR count). The van der Waals surface area contributed by atoms with Crippen LogP contribution in [0.3, 0.4) is 0 Å². The minimum atomic E-state index is -1.02. The monoisotopic (exact) mass is 558 g/mol. The normalized spacial score (nSPS) is 14.1. The molecule has 1 amide bonds. The number of fused-ring (bicyclic) bond motifs is 1. The van der Waals surface area contributed by atoms with Crippen LogP contribution in [0.1, 0.15) is 39.2 Å². The first-order chi connectivity index (χ1) is 19.5. The van der Waals surface area contributed by atoms with E-state index in [0.29, 0.717) is 30.4 Å². The number of carboxylic acid groups (broad SMARTS) is 1. The van der Waals surface area contributed by atoms with Crippen molar-refractivity contribution < 1.29 is 24.2 Å². The van der Waals surface area contributed by atoms with Crippen molar-refractivity contribution in [1.82, 2.24) is 19.4 Å². The zero-order valence-electron chi connectivity index (χ0n) is 23.5. The van der Waals surface area contributed by atoms with Crippen LogP contribution in [0.5, 0.6) is 5.75 Å². The number of aromatic nitrogens is 3. The first-order valence-corrected chi connectivity index (χ1v) is 13.5. The van der Waals surface area contributed by atoms with Gasteiger partial charge in [-0.25, -0.2) is 14.6 Å². The van der Waals surface area contributed by atoms with Crippen LogP contribution in [0.4, 0.5) is 32.7 Å². The van der Waals surface area contributed by atoms with Crippen LogP contribution in [0.25, 0.3) is 10.9 Å². The summed E-state index contributed by atoms with van der Waals surface area (Å²) in [6.45, 7) is 8.72. The molecule has 3 heterocycles. The van der Waals surface area contributed by atoms with Crippen molar-refractivity contribution in [2.45, 2.75) is 52.2 Å². The maximum absolute atomic E-state index is 12.3. The summed E-state index contributed by atoms with van der Waals surface area (Å²) in [6.07, 6.45) is 3.47. The van der Waals surface area contributed by atoms with Gasteiger partial charge in [0.25, 0.3) is 0 Å². The first-order valence-electron chi connectivity index (χ1n) is 13.5. The molecule has 3 N–H and O–H groups in total. The average Bonchev–Trinajstić information content (AvgIpc) is 3.35. The van der Waals surface area contributed by atoms with E-state index in [0.717, 1.165) is 40.9 Å². The minimum absolute atomic E-state index is 0.0310. The highest BCUT2D eigenvalue weighted by Gasteiger charge is 2.27. The number of nitrogens with one attached hydrogen (secondary N) is 2. The third-order valence-electron chi connectivity index (χ3n) is 6.64. The zero-order valence-corrected chi connectivity index (χ0v) is 23.5. The highest BCUT2D eigenvalue weighted by atomic mass is 16.6. The van der Waals surface area contributed by atoms with Gasteiger partial charge >= 0.3 is 12.2 Å². The lowest BCUT2D eigenvalue weighted by molar-refractivity contribution is 0.0126. The van der Waals surface area contributed by atoms with Crippen LogP contribution in [0.15, 0.2) is 60.9 Å². The van der Waals surface area contributed by atoms with Crippen LogP contribution in [0, 0.1) is 6.92 Å². The summed E-state index contributed by atoms with van der Waals surface area (Å²) in [6, 6.07) is 14.8. The zero-order chi connectivity index (χ0) is 29.1. The number of benzene rings is 2. The third-order valence-corrected chi connectivity index (χ3v) is 6.64. The topological polar surface area (TPSA) is 131 Å². The van der Waals surface area contributed by atoms with E-state index in [2.05, 4.69) is 20.6 Å². The van der Waals surface area contributed by atoms with Gasteiger partial charge in [-0.15, -0.1) is 0 Å². The molecule has 4 aromatic rings. The summed E-state index contributed by atoms with van der Waals surface area (Å²) in [7, 11) is 0. The molecule has 0 bridgehead atoms. The minimum Gasteiger partial charge on any atom is -0.490 e. The van der Waals surface area contributed by atoms with Gasteiger partial charge in [0, 0.05) is 60.6 Å². The molecular weight excluding hydrogens is 524 g/mol. The van der Waals surface area contributed by atoms with Crippen LogP contribution in [-0.2, 0) is 4.74 Å². The van der Waals surface area contributed by atoms with Crippen LogP contribution >= 0.6 is 0 Å². The SMILES string of the molecule is Cc1cnc(Nc2ccc(OC3CCN(C(=O)OC(C)(C)C)CC3)cc2)nc1Nc1ccc2c(ccn2C(=O)O)c1. The third kappa shape index (κ3) is 6.86. The second kappa shape index (κ2) is 11.4. The summed E-state index contributed by atoms with van der Waals surface area (Å²) >= 11 is 0. The number of amides is 1. The molecule has 214 valence electrons. The van der Waals surface area contributed by atoms with Crippen LogP contribution in [-0.4, -0.2) is 61.5 Å². The molecule has 1 fully saturated rings. The summed E-state index contributed by atoms with van der Waals surface area (Å²) in [5, 5.41) is 16.6. The van der Waals surface area contributed by atoms with Crippen molar-refractivity contribution in [3.8, 4) is 5.75 Å². The van der Waals surface area contributed by atoms with E-state index in [-0.39, 0.29) is 12.2 Å². The van der Waals surface area contributed by atoms with Crippen molar-refractivity contribution in [2.75, 3.05) is 23.7 Å². The summed E-state index contributed by atoms with van der Waals surface area (Å²) < 4.78 is 12.8. The van der Waals surface area contributed by atoms with Crippen LogP contribution in [0.2, 0.25) is 0 Å². The number of hydrogen-bond donors (Lipinski definition) is 3. The predicted octanol–water partition coefficient (Wildman–Crippen LogP) is 6.53. The number of ether oxygens (including phenoxy) is 2. The van der Waals surface area contributed by atoms with E-state index in [1.807, 2.05) is 64.1 Å². The Hall–Kier alpha value is -4.80. The summed E-state index contributed by atoms with van der Waals surface area (Å²) in [4.78, 5) is 34.4. The lowest BCUT2D eigenvalue weighted by atomic mass is 10.1. The fourth-order valence-electron chi connectivity index (χ4n) is 4.57. The number of carbonyl (C=O) groups excluding carboxylic acids is 1. The lowest BCUT2D eigenvalue weighted by Crippen LogP contribution is -2.44. The number of aryl methyl sites for hydroxylation is 1. The van der Waals surface area contributed by atoms with E-state index >= 15 is 0 Å². The second-order valence-corrected chi connectivity index (χ2v) is 11.0. The molecular formula is C30H34N6O5. The molecule has 1 aliphatic rings. The molecule has 0 atom stereocenters. The average molecular weight is 559 g/mol. The number of rotatable bonds is 6. The summed E-state index contributed by atoms with van der Waals surface area (Å²) in [5.41, 5.74) is 2.56. The Bertz CT molecular complexity index is 1550. The molecule has 0 spiro atoms. The smallest absolute Gasteiger partial charge is 0.415 e. The van der Waals surface area contributed by atoms with E-state index in [4.69, 9.17) is 9.47 Å². The molecule has 1 aliphatic heterocycles. The fourth-order valence-corrected chi connectivity index (χ4v) is 4.57. The Kier molecular flexibility index (Phi) is 7.69. The quantitative estimate of drug-likeness (QED) is 0.242. The number of carbonyl (C=O) groups is 2. The highest BCUT2D eigenvalue weighted by Crippen LogP contribution is 2.26. The molecule has 1 saturated heterocycles. The Morgan fingerprint density at radius 3 is 2.39 bits per heavy atom. The molecule has 0 aliphatic carbocycles. The molecule has 0 radical (unpaired) electrons. The van der Waals surface area contributed by atoms with Gasteiger partial charge in [-0.05, 0) is 76.2 Å². The van der Waals surface area contributed by atoms with E-state index in [1.54, 1.807) is 23.2 Å². The van der Waals surface area contributed by atoms with E-state index in [9.17, 15) is 14.7 Å². The molecule has 2 aromatic carbocycles. The lowest BCUT2D eigenvalue weighted by Gasteiger charge is -2.33. The Balaban J connectivity index is 1.17. The molecule has 41 heavy (non-hydrogen) atoms. The van der Waals surface area contributed by atoms with E-state index in [1.165, 1.54) is 10.8 Å². The molecule has 11 heteroatoms. The molecule has 2 aromatic heterocycles. The molecule has 11 nitrogen and oxygen atoms in total. The van der Waals surface area contributed by atoms with Gasteiger partial charge in [0.2, 0.25) is 5.95 Å². The van der Waals surface area contributed by atoms with Crippen molar-refractivity contribution in [2.24, 2.45) is 0 Å². The van der Waals surface area contributed by atoms with Crippen LogP contribution < -0.4 is 15.4 Å². The van der Waals surface area contributed by atoms with Gasteiger partial charge in [-0.3, -0.25) is 4.57 Å². The highest BCUT2D eigenvalue weighted by molar-refractivity contribution is 5.91. The summed E-state index contributed by atoms with van der Waals surface area (Å²) in [5.74, 6) is 1.82. The Labute approximate surface area is 238 Å². The van der Waals surface area contributed by atoms with Gasteiger partial charge in [-0.2, -0.15) is 4.98 Å².